The number of hydrogen-bond donors (Lipinski definition) is 1. The van der Waals surface area contributed by atoms with Gasteiger partial charge in [-0.05, 0) is 12.1 Å². The van der Waals surface area contributed by atoms with Crippen molar-refractivity contribution in [2.24, 2.45) is 5.92 Å². The van der Waals surface area contributed by atoms with Crippen LogP contribution in [0, 0.1) is 5.92 Å². The smallest absolute Gasteiger partial charge is 0.328 e. The predicted octanol–water partition coefficient (Wildman–Crippen LogP) is 0.574. The predicted molar refractivity (Wildman–Crippen MR) is 72.5 cm³/mol. The van der Waals surface area contributed by atoms with Crippen molar-refractivity contribution in [1.29, 1.82) is 0 Å². The summed E-state index contributed by atoms with van der Waals surface area (Å²) < 4.78 is 41.1. The second-order valence-electron chi connectivity index (χ2n) is 3.98. The molecule has 1 unspecified atom stereocenters. The third-order valence-electron chi connectivity index (χ3n) is 1.85. The van der Waals surface area contributed by atoms with Crippen molar-refractivity contribution in [2.45, 2.75) is 18.7 Å². The van der Waals surface area contributed by atoms with Gasteiger partial charge in [0.25, 0.3) is 0 Å². The fourth-order valence-electron chi connectivity index (χ4n) is 0.861. The number of carbonyl (C=O) groups is 1. The molecule has 1 N–H and O–H groups in total. The van der Waals surface area contributed by atoms with Gasteiger partial charge in [-0.25, -0.2) is 8.42 Å². The highest BCUT2D eigenvalue weighted by atomic mass is 32.2. The molecule has 0 spiro atoms. The van der Waals surface area contributed by atoms with Gasteiger partial charge in [0, 0.05) is 6.26 Å². The lowest BCUT2D eigenvalue weighted by Gasteiger charge is -2.08. The fourth-order valence-corrected chi connectivity index (χ4v) is 1.66. The highest BCUT2D eigenvalue weighted by molar-refractivity contribution is 7.90. The van der Waals surface area contributed by atoms with E-state index in [1.165, 1.54) is 11.1 Å². The van der Waals surface area contributed by atoms with Crippen molar-refractivity contribution in [3.05, 3.63) is 30.3 Å². The lowest BCUT2D eigenvalue weighted by atomic mass is 10.2. The molecule has 0 aromatic heterocycles. The van der Waals surface area contributed by atoms with E-state index in [4.69, 9.17) is 0 Å². The van der Waals surface area contributed by atoms with E-state index in [0.717, 1.165) is 0 Å². The van der Waals surface area contributed by atoms with Crippen LogP contribution in [0.15, 0.2) is 35.2 Å². The summed E-state index contributed by atoms with van der Waals surface area (Å²) >= 11 is -2.55. The summed E-state index contributed by atoms with van der Waals surface area (Å²) in [5.74, 6) is -0.944. The van der Waals surface area contributed by atoms with Gasteiger partial charge in [0.2, 0.25) is 0 Å². The molecule has 0 aliphatic heterocycles. The number of hydrogen-bond acceptors (Lipinski definition) is 6. The zero-order valence-corrected chi connectivity index (χ0v) is 12.9. The molecule has 1 aromatic carbocycles. The lowest BCUT2D eigenvalue weighted by molar-refractivity contribution is -0.150. The van der Waals surface area contributed by atoms with Crippen molar-refractivity contribution < 1.29 is 26.8 Å². The Bertz CT molecular complexity index is 541. The molecule has 0 heterocycles. The van der Waals surface area contributed by atoms with Crippen LogP contribution in [0.5, 0.6) is 0 Å². The molecule has 1 aromatic rings. The van der Waals surface area contributed by atoms with E-state index in [-0.39, 0.29) is 5.92 Å². The number of nitrogens with one attached hydrogen (secondary N) is 1. The highest BCUT2D eigenvalue weighted by Crippen LogP contribution is 2.05. The van der Waals surface area contributed by atoms with Crippen LogP contribution in [0.25, 0.3) is 0 Å². The molecule has 0 bridgehead atoms. The Morgan fingerprint density at radius 3 is 2.10 bits per heavy atom. The first-order valence-electron chi connectivity index (χ1n) is 5.45. The van der Waals surface area contributed by atoms with E-state index in [1.807, 2.05) is 0 Å². The van der Waals surface area contributed by atoms with E-state index < -0.39 is 27.1 Å². The standard InChI is InChI=1S/C7H8O2S.C4H9NO4S/c1-10(8,9)7-5-3-2-4-6-7;1-3(2)4(6)9-5-10(7)8/h2-6H,1H3;3,5H,1-2H3,(H,7,8)/p-1. The Balaban J connectivity index is 0.000000361. The minimum Gasteiger partial charge on any atom is -0.758 e. The second kappa shape index (κ2) is 8.80. The third kappa shape index (κ3) is 8.75. The molecule has 0 aliphatic rings. The summed E-state index contributed by atoms with van der Waals surface area (Å²) in [7, 11) is -3.00. The van der Waals surface area contributed by atoms with Gasteiger partial charge < -0.3 is 9.39 Å². The highest BCUT2D eigenvalue weighted by Gasteiger charge is 2.07. The molecular weight excluding hydrogens is 306 g/mol. The number of carbonyl (C=O) groups excluding carboxylic acids is 1. The zero-order chi connectivity index (χ0) is 15.8. The van der Waals surface area contributed by atoms with Gasteiger partial charge >= 0.3 is 5.97 Å². The van der Waals surface area contributed by atoms with E-state index in [9.17, 15) is 22.0 Å². The molecule has 9 heteroatoms. The molecule has 1 rings (SSSR count). The van der Waals surface area contributed by atoms with Gasteiger partial charge in [-0.15, -0.1) is 0 Å². The summed E-state index contributed by atoms with van der Waals surface area (Å²) in [4.78, 5) is 16.4. The summed E-state index contributed by atoms with van der Waals surface area (Å²) in [5.41, 5.74) is 0. The van der Waals surface area contributed by atoms with Crippen molar-refractivity contribution in [3.8, 4) is 0 Å². The monoisotopic (exact) mass is 322 g/mol. The first-order valence-corrected chi connectivity index (χ1v) is 8.42. The van der Waals surface area contributed by atoms with Gasteiger partial charge in [0.15, 0.2) is 9.84 Å². The first-order chi connectivity index (χ1) is 9.14. The minimum atomic E-state index is -3.00. The summed E-state index contributed by atoms with van der Waals surface area (Å²) in [6.07, 6.45) is 1.20. The number of sulfone groups is 1. The largest absolute Gasteiger partial charge is 0.758 e. The summed E-state index contributed by atoms with van der Waals surface area (Å²) in [5, 5.41) is 0. The van der Waals surface area contributed by atoms with Crippen LogP contribution in [0.4, 0.5) is 0 Å². The van der Waals surface area contributed by atoms with Gasteiger partial charge in [-0.2, -0.15) is 0 Å². The zero-order valence-electron chi connectivity index (χ0n) is 11.2. The maximum atomic E-state index is 10.8. The molecule has 1 atom stereocenters. The molecule has 114 valence electrons. The van der Waals surface area contributed by atoms with E-state index >= 15 is 0 Å². The number of benzene rings is 1. The Morgan fingerprint density at radius 2 is 1.80 bits per heavy atom. The van der Waals surface area contributed by atoms with Crippen molar-refractivity contribution in [1.82, 2.24) is 4.89 Å². The molecule has 0 saturated heterocycles. The Kier molecular flexibility index (Phi) is 8.23. The third-order valence-corrected chi connectivity index (χ3v) is 3.20. The van der Waals surface area contributed by atoms with Crippen LogP contribution in [-0.4, -0.2) is 29.4 Å². The normalized spacial score (nSPS) is 12.2. The van der Waals surface area contributed by atoms with Crippen LogP contribution in [0.3, 0.4) is 0 Å². The van der Waals surface area contributed by atoms with Gasteiger partial charge in [-0.3, -0.25) is 9.00 Å². The minimum absolute atomic E-state index is 0.337. The molecule has 0 radical (unpaired) electrons. The lowest BCUT2D eigenvalue weighted by Crippen LogP contribution is -2.24. The van der Waals surface area contributed by atoms with Crippen molar-refractivity contribution in [3.63, 3.8) is 0 Å². The van der Waals surface area contributed by atoms with Crippen molar-refractivity contribution >= 4 is 27.1 Å². The quantitative estimate of drug-likeness (QED) is 0.640. The van der Waals surface area contributed by atoms with Crippen LogP contribution in [-0.2, 0) is 30.7 Å². The second-order valence-corrected chi connectivity index (χ2v) is 6.63. The Labute approximate surface area is 120 Å². The van der Waals surface area contributed by atoms with Crippen LogP contribution in [0.2, 0.25) is 0 Å². The van der Waals surface area contributed by atoms with Crippen molar-refractivity contribution in [2.75, 3.05) is 6.26 Å². The van der Waals surface area contributed by atoms with Gasteiger partial charge in [-0.1, -0.05) is 36.9 Å². The Morgan fingerprint density at radius 1 is 1.30 bits per heavy atom. The maximum Gasteiger partial charge on any atom is 0.328 e. The maximum absolute atomic E-state index is 10.8. The van der Waals surface area contributed by atoms with Crippen LogP contribution >= 0.6 is 0 Å². The van der Waals surface area contributed by atoms with Gasteiger partial charge in [0.1, 0.15) is 0 Å². The molecule has 7 nitrogen and oxygen atoms in total. The van der Waals surface area contributed by atoms with Crippen LogP contribution < -0.4 is 4.89 Å². The topological polar surface area (TPSA) is 113 Å². The average molecular weight is 322 g/mol. The SMILES string of the molecule is CC(C)C(=O)ONS(=O)[O-].CS(=O)(=O)c1ccccc1. The number of rotatable bonds is 4. The molecule has 0 fully saturated rings. The van der Waals surface area contributed by atoms with E-state index in [2.05, 4.69) is 4.84 Å². The molecule has 0 saturated carbocycles. The molecular formula is C11H16NO6S2-. The first kappa shape index (κ1) is 18.7. The Hall–Kier alpha value is -1.29. The molecule has 20 heavy (non-hydrogen) atoms. The fraction of sp³-hybridized carbons (Fsp3) is 0.364. The summed E-state index contributed by atoms with van der Waals surface area (Å²) in [6, 6.07) is 8.35. The molecule has 0 amide bonds. The van der Waals surface area contributed by atoms with Crippen LogP contribution in [0.1, 0.15) is 13.8 Å². The van der Waals surface area contributed by atoms with Gasteiger partial charge in [0.05, 0.1) is 22.1 Å². The average Bonchev–Trinajstić information content (AvgIpc) is 2.36. The van der Waals surface area contributed by atoms with E-state index in [1.54, 1.807) is 44.2 Å². The molecule has 0 aliphatic carbocycles. The summed E-state index contributed by atoms with van der Waals surface area (Å²) in [6.45, 7) is 3.19. The van der Waals surface area contributed by atoms with E-state index in [0.29, 0.717) is 4.90 Å².